The van der Waals surface area contributed by atoms with Crippen LogP contribution >= 0.6 is 11.8 Å². The van der Waals surface area contributed by atoms with Crippen LogP contribution in [0.5, 0.6) is 0 Å². The molecule has 3 atom stereocenters. The van der Waals surface area contributed by atoms with Crippen molar-refractivity contribution in [2.24, 2.45) is 0 Å². The van der Waals surface area contributed by atoms with Gasteiger partial charge in [0.2, 0.25) is 17.7 Å². The van der Waals surface area contributed by atoms with Gasteiger partial charge in [-0.15, -0.1) is 11.8 Å². The van der Waals surface area contributed by atoms with Crippen molar-refractivity contribution in [3.05, 3.63) is 35.6 Å². The first-order valence-corrected chi connectivity index (χ1v) is 16.3. The van der Waals surface area contributed by atoms with Crippen molar-refractivity contribution in [3.63, 3.8) is 0 Å². The summed E-state index contributed by atoms with van der Waals surface area (Å²) < 4.78 is 12.9. The van der Waals surface area contributed by atoms with Crippen LogP contribution < -0.4 is 21.3 Å². The molecule has 3 unspecified atom stereocenters. The van der Waals surface area contributed by atoms with Crippen LogP contribution in [0.1, 0.15) is 68.1 Å². The zero-order chi connectivity index (χ0) is 35.6. The van der Waals surface area contributed by atoms with Gasteiger partial charge < -0.3 is 36.6 Å². The summed E-state index contributed by atoms with van der Waals surface area (Å²) in [4.78, 5) is 96.1. The van der Waals surface area contributed by atoms with E-state index >= 15 is 0 Å². The van der Waals surface area contributed by atoms with Crippen LogP contribution in [0.15, 0.2) is 24.3 Å². The second-order valence-corrected chi connectivity index (χ2v) is 12.1. The number of carboxylic acid groups (broad SMARTS) is 3. The molecule has 18 heteroatoms. The van der Waals surface area contributed by atoms with Crippen molar-refractivity contribution in [3.8, 4) is 0 Å². The summed E-state index contributed by atoms with van der Waals surface area (Å²) in [6.07, 6.45) is 2.05. The van der Waals surface area contributed by atoms with Crippen molar-refractivity contribution in [2.45, 2.75) is 75.1 Å². The van der Waals surface area contributed by atoms with Crippen LogP contribution in [0, 0.1) is 5.82 Å². The van der Waals surface area contributed by atoms with E-state index in [9.17, 15) is 47.9 Å². The number of halogens is 1. The highest BCUT2D eigenvalue weighted by Crippen LogP contribution is 2.26. The molecule has 1 aliphatic rings. The van der Waals surface area contributed by atoms with Gasteiger partial charge in [-0.1, -0.05) is 0 Å². The predicted molar refractivity (Wildman–Crippen MR) is 168 cm³/mol. The van der Waals surface area contributed by atoms with Gasteiger partial charge in [0.25, 0.3) is 5.91 Å². The summed E-state index contributed by atoms with van der Waals surface area (Å²) in [7, 11) is 0. The van der Waals surface area contributed by atoms with Gasteiger partial charge in [-0.25, -0.2) is 18.8 Å². The lowest BCUT2D eigenvalue weighted by Gasteiger charge is -2.19. The number of hydrogen-bond acceptors (Lipinski definition) is 9. The van der Waals surface area contributed by atoms with E-state index in [0.717, 1.165) is 16.7 Å². The number of likely N-dealkylation sites (tertiary alicyclic amines) is 1. The molecule has 7 N–H and O–H groups in total. The predicted octanol–water partition coefficient (Wildman–Crippen LogP) is 0.943. The zero-order valence-electron chi connectivity index (χ0n) is 26.1. The summed E-state index contributed by atoms with van der Waals surface area (Å²) in [6, 6.07) is 0.954. The maximum Gasteiger partial charge on any atom is 0.327 e. The number of benzene rings is 1. The quantitative estimate of drug-likeness (QED) is 0.0661. The van der Waals surface area contributed by atoms with E-state index in [0.29, 0.717) is 50.8 Å². The first-order valence-electron chi connectivity index (χ1n) is 15.3. The van der Waals surface area contributed by atoms with Gasteiger partial charge in [0, 0.05) is 50.2 Å². The third-order valence-corrected chi connectivity index (χ3v) is 8.42. The molecule has 48 heavy (non-hydrogen) atoms. The number of nitrogens with one attached hydrogen (secondary N) is 4. The van der Waals surface area contributed by atoms with Gasteiger partial charge in [-0.2, -0.15) is 0 Å². The Balaban J connectivity index is 1.61. The highest BCUT2D eigenvalue weighted by atomic mass is 32.2. The van der Waals surface area contributed by atoms with Gasteiger partial charge in [0.1, 0.15) is 17.9 Å². The van der Waals surface area contributed by atoms with Crippen molar-refractivity contribution < 1.29 is 58.1 Å². The van der Waals surface area contributed by atoms with E-state index in [1.165, 1.54) is 24.3 Å². The van der Waals surface area contributed by atoms with Gasteiger partial charge in [-0.3, -0.25) is 28.9 Å². The Kier molecular flexibility index (Phi) is 16.8. The van der Waals surface area contributed by atoms with Crippen LogP contribution in [0.2, 0.25) is 0 Å². The molecule has 2 rings (SSSR count). The lowest BCUT2D eigenvalue weighted by Crippen LogP contribution is -2.52. The first-order chi connectivity index (χ1) is 22.8. The Bertz CT molecular complexity index is 1330. The van der Waals surface area contributed by atoms with E-state index in [1.807, 2.05) is 5.32 Å². The second-order valence-electron chi connectivity index (χ2n) is 10.9. The Labute approximate surface area is 279 Å². The topological polar surface area (TPSA) is 249 Å². The molecule has 0 bridgehead atoms. The molecule has 16 nitrogen and oxygen atoms in total. The van der Waals surface area contributed by atoms with Gasteiger partial charge >= 0.3 is 23.9 Å². The average Bonchev–Trinajstić information content (AvgIpc) is 3.29. The van der Waals surface area contributed by atoms with Gasteiger partial charge in [0.05, 0.1) is 5.25 Å². The molecule has 0 radical (unpaired) electrons. The highest BCUT2D eigenvalue weighted by Gasteiger charge is 2.39. The lowest BCUT2D eigenvalue weighted by atomic mass is 10.1. The van der Waals surface area contributed by atoms with E-state index in [4.69, 9.17) is 10.2 Å². The van der Waals surface area contributed by atoms with Crippen LogP contribution in [-0.4, -0.2) is 111 Å². The maximum atomic E-state index is 12.9. The molecule has 1 heterocycles. The number of carbonyl (C=O) groups excluding carboxylic acids is 5. The fourth-order valence-corrected chi connectivity index (χ4v) is 5.67. The minimum atomic E-state index is -1.56. The van der Waals surface area contributed by atoms with E-state index < -0.39 is 71.7 Å². The van der Waals surface area contributed by atoms with Crippen molar-refractivity contribution in [1.29, 1.82) is 0 Å². The van der Waals surface area contributed by atoms with Crippen molar-refractivity contribution in [1.82, 2.24) is 26.2 Å². The fourth-order valence-electron chi connectivity index (χ4n) is 4.49. The van der Waals surface area contributed by atoms with Crippen LogP contribution in [0.25, 0.3) is 0 Å². The number of aliphatic carboxylic acids is 3. The number of imide groups is 1. The number of amides is 6. The first kappa shape index (κ1) is 39.4. The third kappa shape index (κ3) is 14.4. The number of carbonyl (C=O) groups is 8. The van der Waals surface area contributed by atoms with E-state index in [-0.39, 0.29) is 37.0 Å². The summed E-state index contributed by atoms with van der Waals surface area (Å²) in [5.41, 5.74) is 0.347. The summed E-state index contributed by atoms with van der Waals surface area (Å²) in [5, 5.41) is 36.1. The summed E-state index contributed by atoms with van der Waals surface area (Å²) in [5.74, 6) is -6.31. The molecule has 0 spiro atoms. The normalized spacial score (nSPS) is 15.4. The number of nitrogens with zero attached hydrogens (tertiary/aromatic N) is 1. The molecular weight excluding hydrogens is 657 g/mol. The standard InChI is InChI=1S/C30H40FN5O11S/c31-19-9-7-18(8-10-19)26(41)33-14-4-2-6-23(37)32-13-3-1-5-15-36-24(38)16-22(27(36)42)48-17-21(29(45)46)35-30(47)34-20(28(43)44)11-12-25(39)40/h7-10,20-22H,1-6,11-17H2,(H,32,37)(H,33,41)(H,39,40)(H,43,44)(H,45,46)(H2,34,35,47). The number of urea groups is 1. The molecule has 1 aromatic rings. The van der Waals surface area contributed by atoms with Crippen molar-refractivity contribution in [2.75, 3.05) is 25.4 Å². The Hall–Kier alpha value is -4.74. The molecule has 1 fully saturated rings. The second kappa shape index (κ2) is 20.5. The molecule has 264 valence electrons. The molecule has 6 amide bonds. The number of hydrogen-bond donors (Lipinski definition) is 7. The highest BCUT2D eigenvalue weighted by molar-refractivity contribution is 8.00. The molecule has 1 aromatic carbocycles. The maximum absolute atomic E-state index is 12.9. The SMILES string of the molecule is O=C(O)CCC(NC(=O)NC(CSC1CC(=O)N(CCCCCNC(=O)CCCCNC(=O)c2ccc(F)cc2)C1=O)C(=O)O)C(=O)O. The lowest BCUT2D eigenvalue weighted by molar-refractivity contribution is -0.141. The minimum absolute atomic E-state index is 0.142. The van der Waals surface area contributed by atoms with Crippen LogP contribution in [0.3, 0.4) is 0 Å². The average molecular weight is 698 g/mol. The minimum Gasteiger partial charge on any atom is -0.481 e. The number of rotatable bonds is 22. The zero-order valence-corrected chi connectivity index (χ0v) is 26.9. The largest absolute Gasteiger partial charge is 0.481 e. The Morgan fingerprint density at radius 1 is 0.833 bits per heavy atom. The van der Waals surface area contributed by atoms with Crippen LogP contribution in [0.4, 0.5) is 9.18 Å². The Morgan fingerprint density at radius 2 is 1.46 bits per heavy atom. The molecule has 1 saturated heterocycles. The van der Waals surface area contributed by atoms with Crippen LogP contribution in [-0.2, 0) is 28.8 Å². The molecule has 1 aliphatic heterocycles. The van der Waals surface area contributed by atoms with Crippen molar-refractivity contribution >= 4 is 59.3 Å². The summed E-state index contributed by atoms with van der Waals surface area (Å²) in [6.45, 7) is 0.935. The third-order valence-electron chi connectivity index (χ3n) is 7.12. The molecule has 0 saturated carbocycles. The smallest absolute Gasteiger partial charge is 0.327 e. The molecular formula is C30H40FN5O11S. The van der Waals surface area contributed by atoms with E-state index in [1.54, 1.807) is 0 Å². The van der Waals surface area contributed by atoms with Gasteiger partial charge in [-0.05, 0) is 62.8 Å². The molecule has 0 aliphatic carbocycles. The summed E-state index contributed by atoms with van der Waals surface area (Å²) >= 11 is 0.868. The number of unbranched alkanes of at least 4 members (excludes halogenated alkanes) is 3. The van der Waals surface area contributed by atoms with E-state index in [2.05, 4.69) is 16.0 Å². The molecule has 0 aromatic heterocycles. The fraction of sp³-hybridized carbons (Fsp3) is 0.533. The number of carboxylic acids is 3. The monoisotopic (exact) mass is 697 g/mol. The number of thioether (sulfide) groups is 1. The van der Waals surface area contributed by atoms with Gasteiger partial charge in [0.15, 0.2) is 0 Å². The Morgan fingerprint density at radius 3 is 2.10 bits per heavy atom.